The molecule has 2 aromatic heterocycles. The summed E-state index contributed by atoms with van der Waals surface area (Å²) in [5.74, 6) is 0.158. The smallest absolute Gasteiger partial charge is 0.359 e. The lowest BCUT2D eigenvalue weighted by molar-refractivity contribution is -0.122. The van der Waals surface area contributed by atoms with Crippen LogP contribution in [0.5, 0.6) is 0 Å². The summed E-state index contributed by atoms with van der Waals surface area (Å²) in [6.07, 6.45) is 2.22. The minimum Gasteiger partial charge on any atom is -0.483 e. The summed E-state index contributed by atoms with van der Waals surface area (Å²) in [5, 5.41) is 17.8. The Morgan fingerprint density at radius 1 is 1.38 bits per heavy atom. The van der Waals surface area contributed by atoms with Crippen molar-refractivity contribution in [2.45, 2.75) is 25.9 Å². The number of fused-ring (bicyclic) bond motifs is 4. The van der Waals surface area contributed by atoms with Gasteiger partial charge in [-0.05, 0) is 57.0 Å². The topological polar surface area (TPSA) is 108 Å². The Morgan fingerprint density at radius 2 is 2.14 bits per heavy atom. The molecular weight excluding hydrogens is 392 g/mol. The first kappa shape index (κ1) is 19.5. The first-order valence-electron chi connectivity index (χ1n) is 9.51. The number of hydrogen-bond donors (Lipinski definition) is 2. The average Bonchev–Trinajstić information content (AvgIpc) is 3.35. The molecule has 2 N–H and O–H groups in total. The Bertz CT molecular complexity index is 1020. The zero-order valence-corrected chi connectivity index (χ0v) is 16.8. The number of aromatic amines is 1. The van der Waals surface area contributed by atoms with Crippen molar-refractivity contribution in [1.29, 1.82) is 0 Å². The van der Waals surface area contributed by atoms with Crippen molar-refractivity contribution in [2.24, 2.45) is 5.92 Å². The number of thiazole rings is 1. The third-order valence-corrected chi connectivity index (χ3v) is 6.49. The van der Waals surface area contributed by atoms with E-state index in [0.717, 1.165) is 59.6 Å². The van der Waals surface area contributed by atoms with Gasteiger partial charge in [0.1, 0.15) is 11.1 Å². The molecule has 0 saturated carbocycles. The van der Waals surface area contributed by atoms with Crippen LogP contribution in [0.25, 0.3) is 21.5 Å². The van der Waals surface area contributed by atoms with Gasteiger partial charge in [-0.25, -0.2) is 9.78 Å². The van der Waals surface area contributed by atoms with Crippen molar-refractivity contribution in [3.05, 3.63) is 35.0 Å². The van der Waals surface area contributed by atoms with Crippen LogP contribution in [0.3, 0.4) is 0 Å². The highest BCUT2D eigenvalue weighted by Gasteiger charge is 2.37. The van der Waals surface area contributed by atoms with E-state index in [4.69, 9.17) is 14.6 Å². The maximum absolute atomic E-state index is 12.8. The van der Waals surface area contributed by atoms with E-state index >= 15 is 0 Å². The van der Waals surface area contributed by atoms with Gasteiger partial charge < -0.3 is 9.84 Å². The SMILES string of the molecule is Cc1csc(-c2ccc3[nH]nc(C(=O)O[C@H]4CN5CCC4CC5)c3c2)n1.O=CO. The van der Waals surface area contributed by atoms with E-state index in [1.165, 1.54) is 0 Å². The fourth-order valence-electron chi connectivity index (χ4n) is 4.03. The summed E-state index contributed by atoms with van der Waals surface area (Å²) in [5.41, 5.74) is 3.20. The minimum atomic E-state index is -0.331. The van der Waals surface area contributed by atoms with E-state index in [1.807, 2.05) is 30.5 Å². The molecule has 2 bridgehead atoms. The fraction of sp³-hybridized carbons (Fsp3) is 0.400. The molecule has 3 aliphatic heterocycles. The average molecular weight is 414 g/mol. The van der Waals surface area contributed by atoms with Gasteiger partial charge in [0.15, 0.2) is 5.69 Å². The van der Waals surface area contributed by atoms with Crippen LogP contribution in [0.15, 0.2) is 23.6 Å². The normalized spacial score (nSPS) is 22.7. The number of nitrogens with one attached hydrogen (secondary N) is 1. The number of hydrogen-bond acceptors (Lipinski definition) is 7. The number of carbonyl (C=O) groups is 2. The molecule has 3 saturated heterocycles. The highest BCUT2D eigenvalue weighted by atomic mass is 32.1. The van der Waals surface area contributed by atoms with Gasteiger partial charge in [-0.15, -0.1) is 11.3 Å². The molecule has 3 aliphatic rings. The Kier molecular flexibility index (Phi) is 5.59. The lowest BCUT2D eigenvalue weighted by Gasteiger charge is -2.43. The Morgan fingerprint density at radius 3 is 2.76 bits per heavy atom. The van der Waals surface area contributed by atoms with Crippen molar-refractivity contribution in [3.8, 4) is 10.6 Å². The van der Waals surface area contributed by atoms with Crippen LogP contribution in [-0.2, 0) is 9.53 Å². The molecule has 3 fully saturated rings. The molecule has 0 amide bonds. The second-order valence-corrected chi connectivity index (χ2v) is 8.17. The predicted octanol–water partition coefficient (Wildman–Crippen LogP) is 2.95. The quantitative estimate of drug-likeness (QED) is 0.501. The van der Waals surface area contributed by atoms with E-state index < -0.39 is 0 Å². The number of rotatable bonds is 3. The Balaban J connectivity index is 0.000000645. The second kappa shape index (κ2) is 8.30. The first-order chi connectivity index (χ1) is 14.1. The summed E-state index contributed by atoms with van der Waals surface area (Å²) < 4.78 is 5.85. The highest BCUT2D eigenvalue weighted by molar-refractivity contribution is 7.13. The number of piperidine rings is 3. The molecule has 0 radical (unpaired) electrons. The van der Waals surface area contributed by atoms with E-state index in [1.54, 1.807) is 11.3 Å². The number of esters is 1. The standard InChI is InChI=1S/C19H20N4O2S.CH2O2/c1-11-10-26-18(20-11)13-2-3-15-14(8-13)17(22-21-15)19(24)25-16-9-23-6-4-12(16)5-7-23;2-1-3/h2-3,8,10,12,16H,4-7,9H2,1H3,(H,21,22);1H,(H,2,3)/t16-;/m0./s1. The lowest BCUT2D eigenvalue weighted by Crippen LogP contribution is -2.51. The number of ether oxygens (including phenoxy) is 1. The van der Waals surface area contributed by atoms with Gasteiger partial charge in [0.2, 0.25) is 0 Å². The van der Waals surface area contributed by atoms with Gasteiger partial charge in [0.25, 0.3) is 6.47 Å². The molecule has 0 unspecified atom stereocenters. The molecule has 9 heteroatoms. The Hall–Kier alpha value is -2.78. The fourth-order valence-corrected chi connectivity index (χ4v) is 4.82. The van der Waals surface area contributed by atoms with Crippen LogP contribution in [0.1, 0.15) is 29.0 Å². The van der Waals surface area contributed by atoms with Gasteiger partial charge in [0.05, 0.1) is 5.52 Å². The molecule has 1 aromatic carbocycles. The summed E-state index contributed by atoms with van der Waals surface area (Å²) >= 11 is 1.60. The summed E-state index contributed by atoms with van der Waals surface area (Å²) in [7, 11) is 0. The molecule has 8 nitrogen and oxygen atoms in total. The van der Waals surface area contributed by atoms with Crippen LogP contribution < -0.4 is 0 Å². The van der Waals surface area contributed by atoms with Gasteiger partial charge in [0, 0.05) is 28.6 Å². The first-order valence-corrected chi connectivity index (χ1v) is 10.4. The third-order valence-electron chi connectivity index (χ3n) is 5.48. The van der Waals surface area contributed by atoms with E-state index in [-0.39, 0.29) is 18.5 Å². The zero-order valence-electron chi connectivity index (χ0n) is 16.0. The van der Waals surface area contributed by atoms with Crippen LogP contribution in [-0.4, -0.2) is 63.4 Å². The largest absolute Gasteiger partial charge is 0.483 e. The van der Waals surface area contributed by atoms with Crippen LogP contribution in [0, 0.1) is 12.8 Å². The second-order valence-electron chi connectivity index (χ2n) is 7.31. The number of H-pyrrole nitrogens is 1. The number of benzene rings is 1. The lowest BCUT2D eigenvalue weighted by atomic mass is 9.86. The number of nitrogens with zero attached hydrogens (tertiary/aromatic N) is 3. The number of aryl methyl sites for hydroxylation is 1. The van der Waals surface area contributed by atoms with E-state index in [0.29, 0.717) is 11.6 Å². The van der Waals surface area contributed by atoms with Gasteiger partial charge in [-0.3, -0.25) is 14.8 Å². The zero-order chi connectivity index (χ0) is 20.4. The van der Waals surface area contributed by atoms with Crippen molar-refractivity contribution < 1.29 is 19.4 Å². The highest BCUT2D eigenvalue weighted by Crippen LogP contribution is 2.31. The monoisotopic (exact) mass is 414 g/mol. The maximum atomic E-state index is 12.8. The van der Waals surface area contributed by atoms with Crippen molar-refractivity contribution in [3.63, 3.8) is 0 Å². The van der Waals surface area contributed by atoms with Gasteiger partial charge in [-0.2, -0.15) is 5.10 Å². The predicted molar refractivity (Wildman–Crippen MR) is 109 cm³/mol. The molecule has 1 atom stereocenters. The van der Waals surface area contributed by atoms with Gasteiger partial charge in [-0.1, -0.05) is 0 Å². The molecule has 0 spiro atoms. The summed E-state index contributed by atoms with van der Waals surface area (Å²) in [6.45, 7) is 4.83. The molecule has 152 valence electrons. The number of carboxylic acid groups (broad SMARTS) is 1. The van der Waals surface area contributed by atoms with Crippen molar-refractivity contribution in [2.75, 3.05) is 19.6 Å². The van der Waals surface area contributed by atoms with Crippen LogP contribution in [0.2, 0.25) is 0 Å². The van der Waals surface area contributed by atoms with Crippen LogP contribution in [0.4, 0.5) is 0 Å². The van der Waals surface area contributed by atoms with E-state index in [9.17, 15) is 4.79 Å². The van der Waals surface area contributed by atoms with E-state index in [2.05, 4.69) is 20.1 Å². The third kappa shape index (κ3) is 4.01. The molecular formula is C20H22N4O4S. The molecule has 29 heavy (non-hydrogen) atoms. The van der Waals surface area contributed by atoms with Gasteiger partial charge >= 0.3 is 5.97 Å². The molecule has 0 aliphatic carbocycles. The van der Waals surface area contributed by atoms with Crippen molar-refractivity contribution >= 4 is 34.7 Å². The van der Waals surface area contributed by atoms with Crippen LogP contribution >= 0.6 is 11.3 Å². The molecule has 3 aromatic rings. The molecule has 6 rings (SSSR count). The maximum Gasteiger partial charge on any atom is 0.359 e. The van der Waals surface area contributed by atoms with Crippen molar-refractivity contribution in [1.82, 2.24) is 20.1 Å². The Labute approximate surface area is 171 Å². The summed E-state index contributed by atoms with van der Waals surface area (Å²) in [6, 6.07) is 5.92. The summed E-state index contributed by atoms with van der Waals surface area (Å²) in [4.78, 5) is 28.1. The minimum absolute atomic E-state index is 0.0125. The number of aromatic nitrogens is 3. The number of carbonyl (C=O) groups excluding carboxylic acids is 1. The molecule has 5 heterocycles.